The summed E-state index contributed by atoms with van der Waals surface area (Å²) in [6, 6.07) is 10.1. The van der Waals surface area contributed by atoms with Gasteiger partial charge in [-0.3, -0.25) is 16.4 Å². The minimum Gasteiger partial charge on any atom is -0.384 e. The third-order valence-electron chi connectivity index (χ3n) is 2.56. The van der Waals surface area contributed by atoms with Gasteiger partial charge in [0.25, 0.3) is 0 Å². The van der Waals surface area contributed by atoms with E-state index < -0.39 is 0 Å². The molecule has 1 unspecified atom stereocenters. The first-order valence-corrected chi connectivity index (χ1v) is 5.10. The highest BCUT2D eigenvalue weighted by Gasteiger charge is 2.14. The highest BCUT2D eigenvalue weighted by Crippen LogP contribution is 2.20. The third-order valence-corrected chi connectivity index (χ3v) is 2.56. The second-order valence-electron chi connectivity index (χ2n) is 3.65. The predicted molar refractivity (Wildman–Crippen MR) is 63.2 cm³/mol. The molecule has 6 N–H and O–H groups in total. The molecule has 2 rings (SSSR count). The van der Waals surface area contributed by atoms with Crippen LogP contribution in [0.2, 0.25) is 0 Å². The van der Waals surface area contributed by atoms with E-state index in [1.807, 2.05) is 18.2 Å². The molecule has 1 heterocycles. The number of aromatic amines is 1. The van der Waals surface area contributed by atoms with Crippen LogP contribution < -0.4 is 17.0 Å². The van der Waals surface area contributed by atoms with E-state index in [2.05, 4.69) is 27.8 Å². The van der Waals surface area contributed by atoms with Crippen molar-refractivity contribution in [3.8, 4) is 0 Å². The molecule has 0 amide bonds. The van der Waals surface area contributed by atoms with E-state index in [1.165, 1.54) is 5.56 Å². The van der Waals surface area contributed by atoms with Crippen molar-refractivity contribution in [2.45, 2.75) is 12.5 Å². The topological polar surface area (TPSA) is 92.7 Å². The van der Waals surface area contributed by atoms with E-state index >= 15 is 0 Å². The Morgan fingerprint density at radius 1 is 1.31 bits per heavy atom. The van der Waals surface area contributed by atoms with Gasteiger partial charge < -0.3 is 5.73 Å². The van der Waals surface area contributed by atoms with Crippen molar-refractivity contribution in [3.63, 3.8) is 0 Å². The van der Waals surface area contributed by atoms with Gasteiger partial charge in [-0.25, -0.2) is 0 Å². The Balaban J connectivity index is 2.16. The average molecular weight is 217 g/mol. The Hall–Kier alpha value is -1.85. The first-order chi connectivity index (χ1) is 7.81. The molecule has 0 radical (unpaired) electrons. The monoisotopic (exact) mass is 217 g/mol. The van der Waals surface area contributed by atoms with Gasteiger partial charge in [-0.05, 0) is 12.0 Å². The normalized spacial score (nSPS) is 12.6. The zero-order valence-electron chi connectivity index (χ0n) is 8.85. The van der Waals surface area contributed by atoms with Crippen molar-refractivity contribution in [2.75, 3.05) is 5.73 Å². The molecule has 0 spiro atoms. The first-order valence-electron chi connectivity index (χ1n) is 5.10. The van der Waals surface area contributed by atoms with Crippen LogP contribution in [0.1, 0.15) is 17.2 Å². The van der Waals surface area contributed by atoms with Gasteiger partial charge in [-0.15, -0.1) is 0 Å². The Bertz CT molecular complexity index is 437. The molecule has 0 aliphatic heterocycles. The molecule has 5 heteroatoms. The highest BCUT2D eigenvalue weighted by atomic mass is 15.2. The third kappa shape index (κ3) is 2.21. The lowest BCUT2D eigenvalue weighted by atomic mass is 10.0. The largest absolute Gasteiger partial charge is 0.384 e. The lowest BCUT2D eigenvalue weighted by Gasteiger charge is -2.14. The van der Waals surface area contributed by atoms with Gasteiger partial charge >= 0.3 is 0 Å². The number of rotatable bonds is 4. The zero-order valence-corrected chi connectivity index (χ0v) is 8.85. The maximum atomic E-state index is 5.76. The SMILES string of the molecule is NNC(Cc1ccccc1)c1cn[nH]c1N. The Labute approximate surface area is 93.8 Å². The maximum absolute atomic E-state index is 5.76. The number of hydrogen-bond acceptors (Lipinski definition) is 4. The number of anilines is 1. The summed E-state index contributed by atoms with van der Waals surface area (Å²) in [5.74, 6) is 6.09. The average Bonchev–Trinajstić information content (AvgIpc) is 2.74. The number of nitrogens with zero attached hydrogens (tertiary/aromatic N) is 1. The number of hydrazine groups is 1. The smallest absolute Gasteiger partial charge is 0.123 e. The standard InChI is InChI=1S/C11H15N5/c12-11-9(7-14-16-11)10(15-13)6-8-4-2-1-3-5-8/h1-5,7,10,15H,6,13H2,(H3,12,14,16). The molecule has 16 heavy (non-hydrogen) atoms. The molecule has 1 aromatic carbocycles. The van der Waals surface area contributed by atoms with Gasteiger partial charge in [0.05, 0.1) is 12.2 Å². The number of aromatic nitrogens is 2. The number of nitrogens with one attached hydrogen (secondary N) is 2. The quantitative estimate of drug-likeness (QED) is 0.449. The summed E-state index contributed by atoms with van der Waals surface area (Å²) in [5.41, 5.74) is 10.6. The maximum Gasteiger partial charge on any atom is 0.123 e. The summed E-state index contributed by atoms with van der Waals surface area (Å²) in [5, 5.41) is 6.59. The second-order valence-corrected chi connectivity index (χ2v) is 3.65. The van der Waals surface area contributed by atoms with Gasteiger partial charge in [0.15, 0.2) is 0 Å². The first kappa shape index (κ1) is 10.7. The summed E-state index contributed by atoms with van der Waals surface area (Å²) in [4.78, 5) is 0. The highest BCUT2D eigenvalue weighted by molar-refractivity contribution is 5.40. The van der Waals surface area contributed by atoms with Gasteiger partial charge in [-0.1, -0.05) is 30.3 Å². The zero-order chi connectivity index (χ0) is 11.4. The van der Waals surface area contributed by atoms with Crippen LogP contribution in [0.4, 0.5) is 5.82 Å². The van der Waals surface area contributed by atoms with E-state index in [0.717, 1.165) is 12.0 Å². The molecule has 1 atom stereocenters. The second kappa shape index (κ2) is 4.78. The van der Waals surface area contributed by atoms with Crippen molar-refractivity contribution in [1.82, 2.24) is 15.6 Å². The number of benzene rings is 1. The number of nitrogen functional groups attached to an aromatic ring is 1. The van der Waals surface area contributed by atoms with Crippen molar-refractivity contribution in [1.29, 1.82) is 0 Å². The van der Waals surface area contributed by atoms with Crippen molar-refractivity contribution in [2.24, 2.45) is 5.84 Å². The number of hydrogen-bond donors (Lipinski definition) is 4. The van der Waals surface area contributed by atoms with Gasteiger partial charge in [0, 0.05) is 5.56 Å². The van der Waals surface area contributed by atoms with Crippen LogP contribution in [-0.4, -0.2) is 10.2 Å². The summed E-state index contributed by atoms with van der Waals surface area (Å²) >= 11 is 0. The lowest BCUT2D eigenvalue weighted by molar-refractivity contribution is 0.553. The van der Waals surface area contributed by atoms with Crippen molar-refractivity contribution in [3.05, 3.63) is 47.7 Å². The number of nitrogens with two attached hydrogens (primary N) is 2. The lowest BCUT2D eigenvalue weighted by Crippen LogP contribution is -2.29. The van der Waals surface area contributed by atoms with E-state index in [0.29, 0.717) is 5.82 Å². The molecule has 5 nitrogen and oxygen atoms in total. The molecule has 1 aromatic heterocycles. The van der Waals surface area contributed by atoms with Crippen LogP contribution in [0.5, 0.6) is 0 Å². The van der Waals surface area contributed by atoms with Crippen LogP contribution >= 0.6 is 0 Å². The molecule has 0 saturated heterocycles. The fourth-order valence-electron chi connectivity index (χ4n) is 1.69. The molecule has 84 valence electrons. The van der Waals surface area contributed by atoms with Gasteiger partial charge in [0.1, 0.15) is 5.82 Å². The molecule has 0 saturated carbocycles. The molecule has 0 aliphatic rings. The van der Waals surface area contributed by atoms with Crippen LogP contribution in [0.3, 0.4) is 0 Å². The van der Waals surface area contributed by atoms with Crippen LogP contribution in [0, 0.1) is 0 Å². The minimum atomic E-state index is -0.0267. The van der Waals surface area contributed by atoms with E-state index in [4.69, 9.17) is 11.6 Å². The molecular weight excluding hydrogens is 202 g/mol. The van der Waals surface area contributed by atoms with Crippen LogP contribution in [0.15, 0.2) is 36.5 Å². The Morgan fingerprint density at radius 2 is 2.06 bits per heavy atom. The fourth-order valence-corrected chi connectivity index (χ4v) is 1.69. The van der Waals surface area contributed by atoms with Crippen LogP contribution in [0.25, 0.3) is 0 Å². The van der Waals surface area contributed by atoms with E-state index in [1.54, 1.807) is 6.20 Å². The van der Waals surface area contributed by atoms with E-state index in [-0.39, 0.29) is 6.04 Å². The predicted octanol–water partition coefficient (Wildman–Crippen LogP) is 0.739. The molecular formula is C11H15N5. The van der Waals surface area contributed by atoms with Crippen LogP contribution in [-0.2, 0) is 6.42 Å². The summed E-state index contributed by atoms with van der Waals surface area (Å²) in [7, 11) is 0. The fraction of sp³-hybridized carbons (Fsp3) is 0.182. The summed E-state index contributed by atoms with van der Waals surface area (Å²) < 4.78 is 0. The summed E-state index contributed by atoms with van der Waals surface area (Å²) in [6.07, 6.45) is 2.48. The number of H-pyrrole nitrogens is 1. The van der Waals surface area contributed by atoms with Crippen molar-refractivity contribution < 1.29 is 0 Å². The molecule has 0 fully saturated rings. The molecule has 2 aromatic rings. The van der Waals surface area contributed by atoms with Gasteiger partial charge in [0.2, 0.25) is 0 Å². The van der Waals surface area contributed by atoms with Crippen molar-refractivity contribution >= 4 is 5.82 Å². The summed E-state index contributed by atoms with van der Waals surface area (Å²) in [6.45, 7) is 0. The molecule has 0 bridgehead atoms. The molecule has 0 aliphatic carbocycles. The Kier molecular flexibility index (Phi) is 3.19. The minimum absolute atomic E-state index is 0.0267. The Morgan fingerprint density at radius 3 is 2.62 bits per heavy atom. The van der Waals surface area contributed by atoms with Gasteiger partial charge in [-0.2, -0.15) is 5.10 Å². The van der Waals surface area contributed by atoms with E-state index in [9.17, 15) is 0 Å².